The Hall–Kier alpha value is -1.44. The lowest BCUT2D eigenvalue weighted by atomic mass is 10.1. The summed E-state index contributed by atoms with van der Waals surface area (Å²) in [7, 11) is 1.74. The highest BCUT2D eigenvalue weighted by molar-refractivity contribution is 7.09. The molecule has 0 amide bonds. The molecule has 1 N–H and O–H groups in total. The minimum Gasteiger partial charge on any atom is -0.387 e. The lowest BCUT2D eigenvalue weighted by Gasteiger charge is -2.19. The van der Waals surface area contributed by atoms with Gasteiger partial charge in [0.05, 0.1) is 12.6 Å². The summed E-state index contributed by atoms with van der Waals surface area (Å²) in [6, 6.07) is 7.52. The molecule has 0 saturated heterocycles. The second kappa shape index (κ2) is 6.76. The van der Waals surface area contributed by atoms with Crippen LogP contribution in [0.1, 0.15) is 27.9 Å². The topological polar surface area (TPSA) is 36.4 Å². The Bertz CT molecular complexity index is 610. The molecule has 0 saturated carbocycles. The second-order valence-electron chi connectivity index (χ2n) is 5.25. The number of aliphatic hydroxyl groups excluding tert-OH is 1. The fourth-order valence-electron chi connectivity index (χ4n) is 2.00. The van der Waals surface area contributed by atoms with Crippen LogP contribution in [0.25, 0.3) is 0 Å². The van der Waals surface area contributed by atoms with Gasteiger partial charge in [0.1, 0.15) is 5.01 Å². The number of nitrogens with zero attached hydrogens (tertiary/aromatic N) is 2. The molecule has 0 spiro atoms. The third-order valence-corrected chi connectivity index (χ3v) is 4.03. The second-order valence-corrected chi connectivity index (χ2v) is 6.19. The molecule has 2 aromatic rings. The van der Waals surface area contributed by atoms with Gasteiger partial charge in [0.25, 0.3) is 0 Å². The number of halogens is 3. The van der Waals surface area contributed by atoms with Gasteiger partial charge in [-0.25, -0.2) is 4.98 Å². The molecular formula is C15H17F3N2OS. The third kappa shape index (κ3) is 4.53. The van der Waals surface area contributed by atoms with Gasteiger partial charge in [0, 0.05) is 11.9 Å². The molecule has 0 radical (unpaired) electrons. The summed E-state index contributed by atoms with van der Waals surface area (Å²) < 4.78 is 37.5. The summed E-state index contributed by atoms with van der Waals surface area (Å²) >= 11 is 0.975. The van der Waals surface area contributed by atoms with Crippen LogP contribution in [0, 0.1) is 6.92 Å². The number of thiazole rings is 1. The normalized spacial score (nSPS) is 13.6. The van der Waals surface area contributed by atoms with E-state index in [4.69, 9.17) is 0 Å². The monoisotopic (exact) mass is 330 g/mol. The Kier molecular flexibility index (Phi) is 5.20. The first-order valence-electron chi connectivity index (χ1n) is 6.70. The number of aryl methyl sites for hydroxylation is 1. The first kappa shape index (κ1) is 16.9. The van der Waals surface area contributed by atoms with Crippen LogP contribution >= 0.6 is 11.3 Å². The zero-order valence-electron chi connectivity index (χ0n) is 12.3. The molecule has 0 aliphatic heterocycles. The minimum absolute atomic E-state index is 0.268. The lowest BCUT2D eigenvalue weighted by Crippen LogP contribution is -2.24. The van der Waals surface area contributed by atoms with Gasteiger partial charge in [-0.2, -0.15) is 13.2 Å². The third-order valence-electron chi connectivity index (χ3n) is 3.19. The van der Waals surface area contributed by atoms with Gasteiger partial charge in [-0.1, -0.05) is 29.8 Å². The zero-order valence-corrected chi connectivity index (χ0v) is 13.1. The largest absolute Gasteiger partial charge is 0.434 e. The van der Waals surface area contributed by atoms with Gasteiger partial charge in [-0.15, -0.1) is 11.3 Å². The fraction of sp³-hybridized carbons (Fsp3) is 0.400. The Labute approximate surface area is 131 Å². The van der Waals surface area contributed by atoms with Crippen molar-refractivity contribution in [3.05, 3.63) is 51.5 Å². The van der Waals surface area contributed by atoms with Gasteiger partial charge in [0.2, 0.25) is 0 Å². The van der Waals surface area contributed by atoms with E-state index < -0.39 is 18.0 Å². The lowest BCUT2D eigenvalue weighted by molar-refractivity contribution is -0.140. The zero-order chi connectivity index (χ0) is 16.3. The number of benzene rings is 1. The van der Waals surface area contributed by atoms with Gasteiger partial charge in [-0.05, 0) is 19.5 Å². The summed E-state index contributed by atoms with van der Waals surface area (Å²) in [6.45, 7) is 2.55. The molecule has 0 aliphatic rings. The summed E-state index contributed by atoms with van der Waals surface area (Å²) in [5.41, 5.74) is 1.03. The van der Waals surface area contributed by atoms with Gasteiger partial charge in [-0.3, -0.25) is 4.90 Å². The van der Waals surface area contributed by atoms with E-state index in [9.17, 15) is 18.3 Å². The van der Waals surface area contributed by atoms with E-state index in [2.05, 4.69) is 4.98 Å². The molecule has 1 aromatic carbocycles. The average Bonchev–Trinajstić information content (AvgIpc) is 2.87. The first-order chi connectivity index (χ1) is 10.3. The Morgan fingerprint density at radius 2 is 1.91 bits per heavy atom. The van der Waals surface area contributed by atoms with Crippen LogP contribution in [0.5, 0.6) is 0 Å². The van der Waals surface area contributed by atoms with Crippen molar-refractivity contribution in [3.63, 3.8) is 0 Å². The summed E-state index contributed by atoms with van der Waals surface area (Å²) in [4.78, 5) is 5.34. The number of hydrogen-bond donors (Lipinski definition) is 1. The van der Waals surface area contributed by atoms with Gasteiger partial charge < -0.3 is 5.11 Å². The summed E-state index contributed by atoms with van der Waals surface area (Å²) in [5, 5.41) is 11.5. The maximum absolute atomic E-state index is 12.5. The van der Waals surface area contributed by atoms with E-state index in [1.54, 1.807) is 11.9 Å². The highest BCUT2D eigenvalue weighted by atomic mass is 32.1. The van der Waals surface area contributed by atoms with Gasteiger partial charge >= 0.3 is 6.18 Å². The number of rotatable bonds is 5. The van der Waals surface area contributed by atoms with E-state index in [1.165, 1.54) is 0 Å². The van der Waals surface area contributed by atoms with Crippen molar-refractivity contribution < 1.29 is 18.3 Å². The molecular weight excluding hydrogens is 313 g/mol. The molecule has 1 aromatic heterocycles. The van der Waals surface area contributed by atoms with Crippen molar-refractivity contribution in [2.75, 3.05) is 13.6 Å². The average molecular weight is 330 g/mol. The molecule has 7 heteroatoms. The van der Waals surface area contributed by atoms with Crippen LogP contribution in [-0.2, 0) is 12.7 Å². The molecule has 2 rings (SSSR count). The van der Waals surface area contributed by atoms with Crippen LogP contribution in [0.15, 0.2) is 29.6 Å². The van der Waals surface area contributed by atoms with E-state index in [0.29, 0.717) is 11.6 Å². The molecule has 0 aliphatic carbocycles. The number of likely N-dealkylation sites (N-methyl/N-ethyl adjacent to an activating group) is 1. The fourth-order valence-corrected chi connectivity index (χ4v) is 2.88. The summed E-state index contributed by atoms with van der Waals surface area (Å²) in [6.07, 6.45) is -5.10. The molecule has 120 valence electrons. The van der Waals surface area contributed by atoms with Crippen molar-refractivity contribution >= 4 is 11.3 Å². The highest BCUT2D eigenvalue weighted by Crippen LogP contribution is 2.30. The van der Waals surface area contributed by atoms with E-state index in [0.717, 1.165) is 27.8 Å². The smallest absolute Gasteiger partial charge is 0.387 e. The predicted molar refractivity (Wildman–Crippen MR) is 79.6 cm³/mol. The Balaban J connectivity index is 1.93. The van der Waals surface area contributed by atoms with E-state index in [1.807, 2.05) is 31.2 Å². The molecule has 0 fully saturated rings. The summed E-state index contributed by atoms with van der Waals surface area (Å²) in [5.74, 6) is 0. The Morgan fingerprint density at radius 3 is 2.45 bits per heavy atom. The molecule has 1 atom stereocenters. The number of hydrogen-bond acceptors (Lipinski definition) is 4. The van der Waals surface area contributed by atoms with Crippen LogP contribution in [0.4, 0.5) is 13.2 Å². The number of aromatic nitrogens is 1. The van der Waals surface area contributed by atoms with Crippen LogP contribution in [-0.4, -0.2) is 28.6 Å². The van der Waals surface area contributed by atoms with Crippen LogP contribution in [0.2, 0.25) is 0 Å². The first-order valence-corrected chi connectivity index (χ1v) is 7.58. The quantitative estimate of drug-likeness (QED) is 0.909. The van der Waals surface area contributed by atoms with Gasteiger partial charge in [0.15, 0.2) is 5.69 Å². The van der Waals surface area contributed by atoms with Crippen molar-refractivity contribution in [1.82, 2.24) is 9.88 Å². The maximum Gasteiger partial charge on any atom is 0.434 e. The molecule has 1 heterocycles. The standard InChI is InChI=1S/C15H17F3N2OS/c1-10-3-5-11(6-4-10)12(21)7-20(2)8-14-19-13(9-22-14)15(16,17)18/h3-6,9,12,21H,7-8H2,1-2H3. The molecule has 1 unspecified atom stereocenters. The van der Waals surface area contributed by atoms with E-state index >= 15 is 0 Å². The molecule has 3 nitrogen and oxygen atoms in total. The van der Waals surface area contributed by atoms with Crippen molar-refractivity contribution in [2.24, 2.45) is 0 Å². The van der Waals surface area contributed by atoms with E-state index in [-0.39, 0.29) is 6.54 Å². The highest BCUT2D eigenvalue weighted by Gasteiger charge is 2.33. The number of alkyl halides is 3. The molecule has 0 bridgehead atoms. The predicted octanol–water partition coefficient (Wildman–Crippen LogP) is 3.64. The minimum atomic E-state index is -4.41. The van der Waals surface area contributed by atoms with Crippen molar-refractivity contribution in [1.29, 1.82) is 0 Å². The SMILES string of the molecule is Cc1ccc(C(O)CN(C)Cc2nc(C(F)(F)F)cs2)cc1. The van der Waals surface area contributed by atoms with Crippen molar-refractivity contribution in [2.45, 2.75) is 25.7 Å². The van der Waals surface area contributed by atoms with Crippen molar-refractivity contribution in [3.8, 4) is 0 Å². The number of aliphatic hydroxyl groups is 1. The Morgan fingerprint density at radius 1 is 1.27 bits per heavy atom. The molecule has 22 heavy (non-hydrogen) atoms. The maximum atomic E-state index is 12.5. The van der Waals surface area contributed by atoms with Crippen LogP contribution in [0.3, 0.4) is 0 Å². The van der Waals surface area contributed by atoms with Crippen LogP contribution < -0.4 is 0 Å².